The summed E-state index contributed by atoms with van der Waals surface area (Å²) in [6, 6.07) is -0.922. The maximum Gasteiger partial charge on any atom is 0.306 e. The van der Waals surface area contributed by atoms with Gasteiger partial charge in [0.1, 0.15) is 19.3 Å². The molecule has 1 N–H and O–H groups in total. The maximum absolute atomic E-state index is 13.5. The number of carbonyl (C=O) groups is 2. The van der Waals surface area contributed by atoms with Crippen molar-refractivity contribution in [2.75, 3.05) is 40.9 Å². The molecule has 0 radical (unpaired) electrons. The lowest BCUT2D eigenvalue weighted by Gasteiger charge is -2.30. The predicted molar refractivity (Wildman–Crippen MR) is 330 cm³/mol. The van der Waals surface area contributed by atoms with E-state index in [9.17, 15) is 19.0 Å². The Balaban J connectivity index is 5.35. The summed E-state index contributed by atoms with van der Waals surface area (Å²) < 4.78 is 30.2. The number of likely N-dealkylation sites (N-methyl/N-ethyl adjacent to an activating group) is 1. The molecule has 0 rings (SSSR count). The molecule has 1 amide bonds. The van der Waals surface area contributed by atoms with Gasteiger partial charge in [0.05, 0.1) is 33.8 Å². The van der Waals surface area contributed by atoms with Gasteiger partial charge in [-0.1, -0.05) is 225 Å². The van der Waals surface area contributed by atoms with Crippen molar-refractivity contribution in [2.45, 2.75) is 238 Å². The number of carbonyl (C=O) groups excluding carboxylic acids is 2. The number of quaternary nitrogens is 1. The van der Waals surface area contributed by atoms with Crippen LogP contribution in [0.15, 0.2) is 134 Å². The Morgan fingerprint density at radius 2 is 0.831 bits per heavy atom. The molecule has 0 aliphatic carbocycles. The second-order valence-electron chi connectivity index (χ2n) is 21.1. The van der Waals surface area contributed by atoms with Gasteiger partial charge in [0, 0.05) is 12.8 Å². The van der Waals surface area contributed by atoms with E-state index in [1.54, 1.807) is 0 Å². The largest absolute Gasteiger partial charge is 0.756 e. The van der Waals surface area contributed by atoms with Crippen molar-refractivity contribution in [3.63, 3.8) is 0 Å². The van der Waals surface area contributed by atoms with Crippen LogP contribution in [0.5, 0.6) is 0 Å². The van der Waals surface area contributed by atoms with Gasteiger partial charge >= 0.3 is 5.97 Å². The predicted octanol–water partition coefficient (Wildman–Crippen LogP) is 18.3. The Morgan fingerprint density at radius 3 is 1.26 bits per heavy atom. The fourth-order valence-corrected chi connectivity index (χ4v) is 8.65. The minimum absolute atomic E-state index is 0.0399. The standard InChI is InChI=1S/C67H113N2O7P/c1-7-10-13-16-19-22-25-27-29-31-33-34-36-37-39-41-44-47-50-53-56-59-66(70)68-64(63-75-77(72,73)74-62-61-69(4,5)6)65(58-55-52-49-46-43-24-21-18-15-12-9-3)76-67(71)60-57-54-51-48-45-42-40-38-35-32-30-28-26-23-20-17-14-11-8-2/h10-11,13-14,19-20,22-23,27-30,33-35,37-39,42,45,55,58,64-65H,7-9,12,15-18,21,24-26,31-32,36,40-41,43-44,46-54,56-57,59-63H2,1-6H3,(H-,68,70,72,73)/b13-10-,14-11-,22-19-,23-20-,29-27-,30-28-,34-33-,38-35-,39-37-,45-42-,58-55+. The molecule has 438 valence electrons. The maximum atomic E-state index is 13.5. The zero-order valence-electron chi connectivity index (χ0n) is 49.9. The Labute approximate surface area is 473 Å². The molecule has 0 fully saturated rings. The van der Waals surface area contributed by atoms with Gasteiger partial charge in [0.2, 0.25) is 5.91 Å². The van der Waals surface area contributed by atoms with E-state index in [0.717, 1.165) is 135 Å². The third kappa shape index (κ3) is 56.7. The van der Waals surface area contributed by atoms with Crippen LogP contribution < -0.4 is 10.2 Å². The highest BCUT2D eigenvalue weighted by atomic mass is 31.2. The lowest BCUT2D eigenvalue weighted by molar-refractivity contribution is -0.870. The Bertz CT molecular complexity index is 1780. The van der Waals surface area contributed by atoms with Crippen molar-refractivity contribution in [3.8, 4) is 0 Å². The number of allylic oxidation sites excluding steroid dienone is 21. The molecule has 0 aromatic carbocycles. The van der Waals surface area contributed by atoms with E-state index in [-0.39, 0.29) is 31.3 Å². The number of esters is 1. The topological polar surface area (TPSA) is 114 Å². The molecule has 9 nitrogen and oxygen atoms in total. The summed E-state index contributed by atoms with van der Waals surface area (Å²) in [4.78, 5) is 40.0. The molecular weight excluding hydrogens is 976 g/mol. The smallest absolute Gasteiger partial charge is 0.306 e. The van der Waals surface area contributed by atoms with E-state index in [0.29, 0.717) is 23.9 Å². The van der Waals surface area contributed by atoms with Crippen LogP contribution in [0.25, 0.3) is 0 Å². The summed E-state index contributed by atoms with van der Waals surface area (Å²) in [6.45, 7) is 6.55. The van der Waals surface area contributed by atoms with Gasteiger partial charge in [-0.2, -0.15) is 0 Å². The summed E-state index contributed by atoms with van der Waals surface area (Å²) in [5.41, 5.74) is 0. The van der Waals surface area contributed by atoms with E-state index >= 15 is 0 Å². The number of rotatable bonds is 53. The van der Waals surface area contributed by atoms with Gasteiger partial charge in [-0.25, -0.2) is 0 Å². The van der Waals surface area contributed by atoms with Gasteiger partial charge in [-0.15, -0.1) is 0 Å². The number of phosphoric acid groups is 1. The van der Waals surface area contributed by atoms with E-state index in [1.807, 2.05) is 33.3 Å². The molecule has 10 heteroatoms. The number of nitrogens with one attached hydrogen (secondary N) is 1. The number of unbranched alkanes of at least 4 members (excludes halogenated alkanes) is 17. The molecular formula is C67H113N2O7P. The zero-order valence-corrected chi connectivity index (χ0v) is 50.8. The minimum atomic E-state index is -4.72. The van der Waals surface area contributed by atoms with Gasteiger partial charge in [-0.3, -0.25) is 14.2 Å². The molecule has 0 bridgehead atoms. The Kier molecular flexibility index (Phi) is 52.7. The number of ether oxygens (including phenoxy) is 1. The van der Waals surface area contributed by atoms with Gasteiger partial charge in [-0.05, 0) is 122 Å². The van der Waals surface area contributed by atoms with E-state index < -0.39 is 26.6 Å². The fourth-order valence-electron chi connectivity index (χ4n) is 7.93. The normalized spacial score (nSPS) is 14.6. The van der Waals surface area contributed by atoms with Crippen molar-refractivity contribution in [2.24, 2.45) is 0 Å². The zero-order chi connectivity index (χ0) is 56.4. The van der Waals surface area contributed by atoms with Crippen molar-refractivity contribution in [3.05, 3.63) is 134 Å². The molecule has 3 unspecified atom stereocenters. The summed E-state index contributed by atoms with van der Waals surface area (Å²) >= 11 is 0. The molecule has 0 aliphatic heterocycles. The monoisotopic (exact) mass is 1090 g/mol. The molecule has 77 heavy (non-hydrogen) atoms. The number of hydrogen-bond acceptors (Lipinski definition) is 7. The molecule has 0 spiro atoms. The summed E-state index contributed by atoms with van der Waals surface area (Å²) in [5.74, 6) is -0.613. The molecule has 0 aromatic rings. The number of amides is 1. The van der Waals surface area contributed by atoms with Crippen LogP contribution in [0, 0.1) is 0 Å². The van der Waals surface area contributed by atoms with Crippen LogP contribution in [0.3, 0.4) is 0 Å². The van der Waals surface area contributed by atoms with E-state index in [1.165, 1.54) is 44.9 Å². The van der Waals surface area contributed by atoms with Crippen LogP contribution in [-0.2, 0) is 27.9 Å². The fraction of sp³-hybridized carbons (Fsp3) is 0.642. The van der Waals surface area contributed by atoms with Crippen LogP contribution in [-0.4, -0.2) is 69.4 Å². The first-order valence-corrected chi connectivity index (χ1v) is 32.0. The molecule has 0 heterocycles. The number of nitrogens with zero attached hydrogens (tertiary/aromatic N) is 1. The van der Waals surface area contributed by atoms with E-state index in [2.05, 4.69) is 148 Å². The number of hydrogen-bond donors (Lipinski definition) is 1. The van der Waals surface area contributed by atoms with E-state index in [4.69, 9.17) is 13.8 Å². The van der Waals surface area contributed by atoms with Crippen molar-refractivity contribution in [1.29, 1.82) is 0 Å². The highest BCUT2D eigenvalue weighted by molar-refractivity contribution is 7.45. The quantitative estimate of drug-likeness (QED) is 0.0212. The first kappa shape index (κ1) is 73.2. The van der Waals surface area contributed by atoms with Crippen LogP contribution in [0.2, 0.25) is 0 Å². The first-order chi connectivity index (χ1) is 37.4. The Hall–Kier alpha value is -3.85. The molecule has 0 aliphatic rings. The Morgan fingerprint density at radius 1 is 0.468 bits per heavy atom. The third-order valence-electron chi connectivity index (χ3n) is 12.6. The molecule has 0 saturated carbocycles. The summed E-state index contributed by atoms with van der Waals surface area (Å²) in [7, 11) is 1.13. The summed E-state index contributed by atoms with van der Waals surface area (Å²) in [5, 5.41) is 3.00. The van der Waals surface area contributed by atoms with Gasteiger partial charge in [0.15, 0.2) is 0 Å². The van der Waals surface area contributed by atoms with Crippen LogP contribution in [0.4, 0.5) is 0 Å². The minimum Gasteiger partial charge on any atom is -0.756 e. The van der Waals surface area contributed by atoms with Gasteiger partial charge in [0.25, 0.3) is 7.82 Å². The third-order valence-corrected chi connectivity index (χ3v) is 13.5. The average Bonchev–Trinajstić information content (AvgIpc) is 3.39. The molecule has 0 saturated heterocycles. The van der Waals surface area contributed by atoms with Crippen LogP contribution >= 0.6 is 7.82 Å². The SMILES string of the molecule is CC/C=C\C/C=C\C/C=C\C/C=C\C/C=C\CCCCCCCC(=O)NC(COP(=O)([O-])OCC[N+](C)(C)C)C(/C=C/CCCCCCCCCCC)OC(=O)CCCCC/C=C\C/C=C\C/C=C\C/C=C\C/C=C\CC. The van der Waals surface area contributed by atoms with Crippen molar-refractivity contribution in [1.82, 2.24) is 5.32 Å². The number of phosphoric ester groups is 1. The summed E-state index contributed by atoms with van der Waals surface area (Å²) in [6.07, 6.45) is 78.5. The van der Waals surface area contributed by atoms with Crippen molar-refractivity contribution < 1.29 is 37.3 Å². The first-order valence-electron chi connectivity index (χ1n) is 30.5. The highest BCUT2D eigenvalue weighted by Crippen LogP contribution is 2.38. The molecule has 0 aromatic heterocycles. The lowest BCUT2D eigenvalue weighted by atomic mass is 10.1. The highest BCUT2D eigenvalue weighted by Gasteiger charge is 2.27. The van der Waals surface area contributed by atoms with Crippen molar-refractivity contribution >= 4 is 19.7 Å². The average molecular weight is 1090 g/mol. The second-order valence-corrected chi connectivity index (χ2v) is 22.5. The van der Waals surface area contributed by atoms with Crippen LogP contribution in [0.1, 0.15) is 226 Å². The molecule has 3 atom stereocenters. The van der Waals surface area contributed by atoms with Gasteiger partial charge < -0.3 is 28.5 Å². The second kappa shape index (κ2) is 55.5. The lowest BCUT2D eigenvalue weighted by Crippen LogP contribution is -2.47.